The maximum absolute atomic E-state index is 13.9. The molecule has 0 aromatic heterocycles. The van der Waals surface area contributed by atoms with Crippen LogP contribution in [0.2, 0.25) is 5.02 Å². The van der Waals surface area contributed by atoms with E-state index in [-0.39, 0.29) is 25.6 Å². The number of nitrogen functional groups attached to an aromatic ring is 1. The van der Waals surface area contributed by atoms with Crippen LogP contribution in [0.25, 0.3) is 0 Å². The number of carbonyl (C=O) groups excluding carboxylic acids is 1. The van der Waals surface area contributed by atoms with Gasteiger partial charge < -0.3 is 11.1 Å². The quantitative estimate of drug-likeness (QED) is 0.313. The van der Waals surface area contributed by atoms with Crippen LogP contribution in [0.4, 0.5) is 21.9 Å². The number of urea groups is 1. The van der Waals surface area contributed by atoms with E-state index < -0.39 is 0 Å². The lowest BCUT2D eigenvalue weighted by Crippen LogP contribution is -2.37. The molecule has 0 heterocycles. The molecule has 3 rings (SSSR count). The molecule has 1 atom stereocenters. The Hall–Kier alpha value is -2.63. The normalized spacial score (nSPS) is 11.7. The molecule has 0 fully saturated rings. The number of carbonyl (C=O) groups is 1. The van der Waals surface area contributed by atoms with Crippen LogP contribution in [0.5, 0.6) is 0 Å². The maximum atomic E-state index is 13.9. The molecule has 0 radical (unpaired) electrons. The van der Waals surface area contributed by atoms with Crippen LogP contribution >= 0.6 is 25.1 Å². The van der Waals surface area contributed by atoms with E-state index >= 15 is 0 Å². The van der Waals surface area contributed by atoms with E-state index in [1.807, 2.05) is 30.9 Å². The summed E-state index contributed by atoms with van der Waals surface area (Å²) in [6.45, 7) is 12.5. The second kappa shape index (κ2) is 12.4. The minimum atomic E-state index is -0.212. The number of rotatable bonds is 7. The molecule has 0 saturated carbocycles. The summed E-state index contributed by atoms with van der Waals surface area (Å²) in [5.41, 5.74) is 13.7. The van der Waals surface area contributed by atoms with E-state index in [4.69, 9.17) is 17.3 Å². The molecule has 0 unspecified atom stereocenters. The first-order valence-electron chi connectivity index (χ1n) is 12.0. The van der Waals surface area contributed by atoms with Gasteiger partial charge in [0, 0.05) is 16.4 Å². The molecule has 0 bridgehead atoms. The second-order valence-electron chi connectivity index (χ2n) is 9.12. The van der Waals surface area contributed by atoms with Gasteiger partial charge in [-0.25, -0.2) is 4.79 Å². The van der Waals surface area contributed by atoms with Crippen LogP contribution < -0.4 is 16.0 Å². The summed E-state index contributed by atoms with van der Waals surface area (Å²) in [6.07, 6.45) is 1.39. The van der Waals surface area contributed by atoms with Crippen molar-refractivity contribution in [2.75, 3.05) is 16.0 Å². The highest BCUT2D eigenvalue weighted by Crippen LogP contribution is 2.36. The summed E-state index contributed by atoms with van der Waals surface area (Å²) in [6, 6.07) is 17.9. The molecular formula is C29H38ClN3OS. The van der Waals surface area contributed by atoms with Crippen LogP contribution in [0.15, 0.2) is 54.6 Å². The average Bonchev–Trinajstić information content (AvgIpc) is 2.80. The number of nitrogens with two attached hydrogens (primary N) is 1. The first-order chi connectivity index (χ1) is 16.2. The van der Waals surface area contributed by atoms with Crippen molar-refractivity contribution in [3.63, 3.8) is 0 Å². The van der Waals surface area contributed by atoms with Gasteiger partial charge in [0.15, 0.2) is 0 Å². The fraction of sp³-hybridized carbons (Fsp3) is 0.345. The largest absolute Gasteiger partial charge is 0.398 e. The zero-order valence-corrected chi connectivity index (χ0v) is 23.3. The fourth-order valence-electron chi connectivity index (χ4n) is 4.33. The van der Waals surface area contributed by atoms with Gasteiger partial charge in [0.1, 0.15) is 0 Å². The van der Waals surface area contributed by atoms with Gasteiger partial charge in [-0.05, 0) is 73.1 Å². The highest BCUT2D eigenvalue weighted by atomic mass is 35.5. The van der Waals surface area contributed by atoms with E-state index in [1.54, 1.807) is 6.07 Å². The first-order valence-corrected chi connectivity index (χ1v) is 12.4. The van der Waals surface area contributed by atoms with E-state index in [1.165, 1.54) is 11.1 Å². The van der Waals surface area contributed by atoms with Crippen LogP contribution in [0, 0.1) is 6.92 Å². The Morgan fingerprint density at radius 1 is 0.943 bits per heavy atom. The zero-order chi connectivity index (χ0) is 25.0. The van der Waals surface area contributed by atoms with Crippen molar-refractivity contribution in [3.05, 3.63) is 87.4 Å². The molecule has 0 aliphatic heterocycles. The number of anilines is 3. The molecule has 35 heavy (non-hydrogen) atoms. The Labute approximate surface area is 222 Å². The average molecular weight is 512 g/mol. The lowest BCUT2D eigenvalue weighted by Gasteiger charge is -2.31. The van der Waals surface area contributed by atoms with Gasteiger partial charge in [0.2, 0.25) is 0 Å². The molecule has 3 N–H and O–H groups in total. The third kappa shape index (κ3) is 6.33. The molecule has 0 aliphatic carbocycles. The van der Waals surface area contributed by atoms with E-state index in [2.05, 4.69) is 69.4 Å². The molecule has 4 nitrogen and oxygen atoms in total. The minimum Gasteiger partial charge on any atom is -0.398 e. The van der Waals surface area contributed by atoms with Gasteiger partial charge in [-0.15, -0.1) is 0 Å². The SMILES string of the molecule is CCc1c(N)cc(Cl)c(CC)c1NC(=O)N(c1ccc(C(C)C)cc1)[C@@H](C)c1ccc(C)cc1.S. The van der Waals surface area contributed by atoms with Gasteiger partial charge >= 0.3 is 6.03 Å². The summed E-state index contributed by atoms with van der Waals surface area (Å²) in [5, 5.41) is 3.76. The van der Waals surface area contributed by atoms with E-state index in [0.717, 1.165) is 28.1 Å². The molecular weight excluding hydrogens is 474 g/mol. The van der Waals surface area contributed by atoms with Crippen LogP contribution in [-0.2, 0) is 12.8 Å². The Bertz CT molecular complexity index is 1120. The first kappa shape index (κ1) is 28.6. The third-order valence-electron chi connectivity index (χ3n) is 6.47. The number of halogens is 1. The van der Waals surface area contributed by atoms with Gasteiger partial charge in [-0.1, -0.05) is 81.3 Å². The van der Waals surface area contributed by atoms with Gasteiger partial charge in [0.05, 0.1) is 11.7 Å². The standard InChI is InChI=1S/C29H36ClN3O.H2S/c1-7-24-26(30)17-27(31)25(8-2)28(24)32-29(34)33(20(6)22-11-9-19(5)10-12-22)23-15-13-21(14-16-23)18(3)4;/h9-18,20H,7-8,31H2,1-6H3,(H,32,34);1H2/t20-;/m0./s1. The van der Waals surface area contributed by atoms with Crippen molar-refractivity contribution >= 4 is 48.2 Å². The molecule has 0 spiro atoms. The Balaban J connectivity index is 0.00000432. The third-order valence-corrected chi connectivity index (χ3v) is 6.80. The van der Waals surface area contributed by atoms with Crippen molar-refractivity contribution < 1.29 is 4.79 Å². The lowest BCUT2D eigenvalue weighted by molar-refractivity contribution is 0.255. The van der Waals surface area contributed by atoms with Gasteiger partial charge in [-0.2, -0.15) is 13.5 Å². The lowest BCUT2D eigenvalue weighted by atomic mass is 10.00. The second-order valence-corrected chi connectivity index (χ2v) is 9.53. The van der Waals surface area contributed by atoms with Crippen molar-refractivity contribution in [1.29, 1.82) is 0 Å². The fourth-order valence-corrected chi connectivity index (χ4v) is 4.68. The number of aryl methyl sites for hydroxylation is 1. The molecule has 3 aromatic carbocycles. The van der Waals surface area contributed by atoms with Crippen LogP contribution in [0.3, 0.4) is 0 Å². The minimum absolute atomic E-state index is 0. The number of benzene rings is 3. The molecule has 3 aromatic rings. The summed E-state index contributed by atoms with van der Waals surface area (Å²) in [7, 11) is 0. The summed E-state index contributed by atoms with van der Waals surface area (Å²) in [4.78, 5) is 15.7. The number of hydrogen-bond acceptors (Lipinski definition) is 2. The Kier molecular flexibility index (Phi) is 10.1. The van der Waals surface area contributed by atoms with Crippen LogP contribution in [0.1, 0.15) is 74.4 Å². The zero-order valence-electron chi connectivity index (χ0n) is 21.6. The van der Waals surface area contributed by atoms with Gasteiger partial charge in [0.25, 0.3) is 0 Å². The number of nitrogens with one attached hydrogen (secondary N) is 1. The van der Waals surface area contributed by atoms with Crippen LogP contribution in [-0.4, -0.2) is 6.03 Å². The number of nitrogens with zero attached hydrogens (tertiary/aromatic N) is 1. The van der Waals surface area contributed by atoms with Crippen molar-refractivity contribution in [3.8, 4) is 0 Å². The summed E-state index contributed by atoms with van der Waals surface area (Å²) in [5.74, 6) is 0.416. The van der Waals surface area contributed by atoms with Crippen molar-refractivity contribution in [2.45, 2.75) is 66.3 Å². The monoisotopic (exact) mass is 511 g/mol. The van der Waals surface area contributed by atoms with Gasteiger partial charge in [-0.3, -0.25) is 4.90 Å². The predicted octanol–water partition coefficient (Wildman–Crippen LogP) is 8.39. The van der Waals surface area contributed by atoms with E-state index in [0.29, 0.717) is 29.5 Å². The number of hydrogen-bond donors (Lipinski definition) is 2. The predicted molar refractivity (Wildman–Crippen MR) is 157 cm³/mol. The topological polar surface area (TPSA) is 58.4 Å². The summed E-state index contributed by atoms with van der Waals surface area (Å²) >= 11 is 6.52. The van der Waals surface area contributed by atoms with Crippen molar-refractivity contribution in [2.24, 2.45) is 0 Å². The molecule has 0 saturated heterocycles. The molecule has 188 valence electrons. The summed E-state index contributed by atoms with van der Waals surface area (Å²) < 4.78 is 0. The Morgan fingerprint density at radius 3 is 2.00 bits per heavy atom. The molecule has 2 amide bonds. The maximum Gasteiger partial charge on any atom is 0.326 e. The highest BCUT2D eigenvalue weighted by Gasteiger charge is 2.26. The highest BCUT2D eigenvalue weighted by molar-refractivity contribution is 7.59. The smallest absolute Gasteiger partial charge is 0.326 e. The van der Waals surface area contributed by atoms with Crippen molar-refractivity contribution in [1.82, 2.24) is 0 Å². The van der Waals surface area contributed by atoms with E-state index in [9.17, 15) is 4.79 Å². The number of amides is 2. The molecule has 6 heteroatoms. The molecule has 0 aliphatic rings. The Morgan fingerprint density at radius 2 is 1.49 bits per heavy atom.